The number of hydrogen-bond donors (Lipinski definition) is 3. The van der Waals surface area contributed by atoms with Crippen LogP contribution >= 0.6 is 7.82 Å². The van der Waals surface area contributed by atoms with E-state index in [1.165, 1.54) is 193 Å². The lowest BCUT2D eigenvalue weighted by Crippen LogP contribution is -2.46. The SMILES string of the molecule is CCCCCCCCCC/C=C\CCCCCCCCCCCCCCCCCC(=O)NC(COP(=O)(O)OCC[N+](C)(C)C)C(O)CCCCCCCCCCCCC. The summed E-state index contributed by atoms with van der Waals surface area (Å²) in [5, 5.41) is 14.0. The number of aliphatic hydroxyl groups is 1. The van der Waals surface area contributed by atoms with Gasteiger partial charge in [-0.15, -0.1) is 0 Å². The lowest BCUT2D eigenvalue weighted by molar-refractivity contribution is -0.870. The molecule has 0 aromatic rings. The molecule has 0 aromatic carbocycles. The van der Waals surface area contributed by atoms with Gasteiger partial charge in [0.2, 0.25) is 5.91 Å². The predicted molar refractivity (Wildman–Crippen MR) is 259 cm³/mol. The minimum Gasteiger partial charge on any atom is -0.391 e. The van der Waals surface area contributed by atoms with Crippen molar-refractivity contribution in [2.24, 2.45) is 0 Å². The van der Waals surface area contributed by atoms with Gasteiger partial charge in [0.05, 0.1) is 39.9 Å². The van der Waals surface area contributed by atoms with Crippen LogP contribution in [0.15, 0.2) is 12.2 Å². The number of rotatable bonds is 48. The summed E-state index contributed by atoms with van der Waals surface area (Å²) in [5.41, 5.74) is 0. The van der Waals surface area contributed by atoms with Crippen molar-refractivity contribution >= 4 is 13.7 Å². The molecule has 0 aromatic heterocycles. The van der Waals surface area contributed by atoms with E-state index in [-0.39, 0.29) is 19.1 Å². The maximum absolute atomic E-state index is 12.9. The van der Waals surface area contributed by atoms with E-state index in [0.29, 0.717) is 23.9 Å². The van der Waals surface area contributed by atoms with Crippen molar-refractivity contribution in [2.45, 2.75) is 270 Å². The first-order valence-corrected chi connectivity index (χ1v) is 27.5. The third kappa shape index (κ3) is 45.3. The fourth-order valence-corrected chi connectivity index (χ4v) is 8.60. The van der Waals surface area contributed by atoms with Crippen molar-refractivity contribution in [1.82, 2.24) is 5.32 Å². The van der Waals surface area contributed by atoms with E-state index in [2.05, 4.69) is 31.3 Å². The van der Waals surface area contributed by atoms with Crippen LogP contribution in [-0.2, 0) is 18.4 Å². The van der Waals surface area contributed by atoms with E-state index in [1.54, 1.807) is 0 Å². The summed E-state index contributed by atoms with van der Waals surface area (Å²) >= 11 is 0. The second kappa shape index (κ2) is 43.5. The zero-order valence-electron chi connectivity index (χ0n) is 40.7. The average Bonchev–Trinajstić information content (AvgIpc) is 3.20. The molecule has 0 rings (SSSR count). The first-order chi connectivity index (χ1) is 29.0. The summed E-state index contributed by atoms with van der Waals surface area (Å²) in [7, 11) is 1.63. The number of aliphatic hydroxyl groups excluding tert-OH is 1. The van der Waals surface area contributed by atoms with Crippen LogP contribution in [0.5, 0.6) is 0 Å². The summed E-state index contributed by atoms with van der Waals surface area (Å²) in [6, 6.07) is -0.755. The molecule has 3 unspecified atom stereocenters. The number of phosphoric acid groups is 1. The molecular formula is C51H104N2O6P+. The smallest absolute Gasteiger partial charge is 0.391 e. The molecule has 0 aliphatic rings. The highest BCUT2D eigenvalue weighted by molar-refractivity contribution is 7.47. The standard InChI is InChI=1S/C51H103N2O6P/c1-6-8-10-12-14-16-18-19-20-21-22-23-24-25-26-27-28-29-30-31-32-33-35-37-39-41-43-45-51(55)52-49(48-59-60(56,57)58-47-46-53(3,4)5)50(54)44-42-40-38-36-34-17-15-13-11-9-7-2/h21-22,49-50,54H,6-20,23-48H2,1-5H3,(H-,52,55,56,57)/p+1/b22-21-. The molecule has 0 aliphatic heterocycles. The average molecular weight is 872 g/mol. The van der Waals surface area contributed by atoms with Gasteiger partial charge in [0.15, 0.2) is 0 Å². The second-order valence-corrected chi connectivity index (χ2v) is 20.7. The molecule has 0 saturated heterocycles. The summed E-state index contributed by atoms with van der Waals surface area (Å²) in [4.78, 5) is 23.2. The number of quaternary nitrogens is 1. The molecule has 3 atom stereocenters. The van der Waals surface area contributed by atoms with Crippen LogP contribution in [0.3, 0.4) is 0 Å². The number of likely N-dealkylation sites (N-methyl/N-ethyl adjacent to an activating group) is 1. The molecule has 8 nitrogen and oxygen atoms in total. The van der Waals surface area contributed by atoms with Gasteiger partial charge >= 0.3 is 7.82 Å². The molecule has 0 fully saturated rings. The first kappa shape index (κ1) is 59.2. The van der Waals surface area contributed by atoms with E-state index in [4.69, 9.17) is 9.05 Å². The van der Waals surface area contributed by atoms with Crippen LogP contribution < -0.4 is 5.32 Å². The summed E-state index contributed by atoms with van der Waals surface area (Å²) in [6.45, 7) is 4.90. The van der Waals surface area contributed by atoms with E-state index < -0.39 is 20.0 Å². The molecule has 0 aliphatic carbocycles. The van der Waals surface area contributed by atoms with Gasteiger partial charge in [0.1, 0.15) is 13.2 Å². The number of nitrogens with one attached hydrogen (secondary N) is 1. The van der Waals surface area contributed by atoms with Gasteiger partial charge in [0, 0.05) is 6.42 Å². The molecule has 9 heteroatoms. The Labute approximate surface area is 373 Å². The quantitative estimate of drug-likeness (QED) is 0.0243. The third-order valence-electron chi connectivity index (χ3n) is 12.0. The van der Waals surface area contributed by atoms with Crippen molar-refractivity contribution in [1.29, 1.82) is 0 Å². The topological polar surface area (TPSA) is 105 Å². The van der Waals surface area contributed by atoms with Crippen molar-refractivity contribution < 1.29 is 32.9 Å². The maximum Gasteiger partial charge on any atom is 0.472 e. The van der Waals surface area contributed by atoms with Crippen LogP contribution in [0.1, 0.15) is 258 Å². The Morgan fingerprint density at radius 1 is 0.550 bits per heavy atom. The zero-order valence-corrected chi connectivity index (χ0v) is 41.6. The van der Waals surface area contributed by atoms with Gasteiger partial charge in [0.25, 0.3) is 0 Å². The van der Waals surface area contributed by atoms with E-state index >= 15 is 0 Å². The van der Waals surface area contributed by atoms with Gasteiger partial charge in [-0.1, -0.05) is 225 Å². The van der Waals surface area contributed by atoms with Gasteiger partial charge in [-0.3, -0.25) is 13.8 Å². The van der Waals surface area contributed by atoms with Gasteiger partial charge in [-0.25, -0.2) is 4.57 Å². The Hall–Kier alpha value is -0.760. The maximum atomic E-state index is 12.9. The van der Waals surface area contributed by atoms with Crippen LogP contribution in [0.4, 0.5) is 0 Å². The van der Waals surface area contributed by atoms with Crippen molar-refractivity contribution in [3.05, 3.63) is 12.2 Å². The molecule has 3 N–H and O–H groups in total. The fraction of sp³-hybridized carbons (Fsp3) is 0.941. The van der Waals surface area contributed by atoms with Crippen molar-refractivity contribution in [2.75, 3.05) is 40.9 Å². The van der Waals surface area contributed by atoms with Gasteiger partial charge in [-0.05, 0) is 38.5 Å². The summed E-state index contributed by atoms with van der Waals surface area (Å²) < 4.78 is 23.7. The molecule has 0 heterocycles. The van der Waals surface area contributed by atoms with E-state index in [9.17, 15) is 19.4 Å². The molecule has 358 valence electrons. The molecule has 60 heavy (non-hydrogen) atoms. The number of phosphoric ester groups is 1. The monoisotopic (exact) mass is 872 g/mol. The van der Waals surface area contributed by atoms with Crippen LogP contribution in [0.2, 0.25) is 0 Å². The molecular weight excluding hydrogens is 768 g/mol. The van der Waals surface area contributed by atoms with Crippen LogP contribution in [0, 0.1) is 0 Å². The number of nitrogens with zero attached hydrogens (tertiary/aromatic N) is 1. The van der Waals surface area contributed by atoms with Crippen molar-refractivity contribution in [3.8, 4) is 0 Å². The van der Waals surface area contributed by atoms with Gasteiger partial charge < -0.3 is 19.8 Å². The first-order valence-electron chi connectivity index (χ1n) is 26.1. The van der Waals surface area contributed by atoms with Crippen LogP contribution in [0.25, 0.3) is 0 Å². The zero-order chi connectivity index (χ0) is 44.3. The number of carbonyl (C=O) groups excluding carboxylic acids is 1. The Kier molecular flexibility index (Phi) is 42.9. The largest absolute Gasteiger partial charge is 0.472 e. The van der Waals surface area contributed by atoms with E-state index in [1.807, 2.05) is 21.1 Å². The molecule has 0 radical (unpaired) electrons. The fourth-order valence-electron chi connectivity index (χ4n) is 7.87. The van der Waals surface area contributed by atoms with Crippen LogP contribution in [-0.4, -0.2) is 73.4 Å². The lowest BCUT2D eigenvalue weighted by atomic mass is 10.0. The highest BCUT2D eigenvalue weighted by atomic mass is 31.2. The Balaban J connectivity index is 4.05. The summed E-state index contributed by atoms with van der Waals surface area (Å²) in [5.74, 6) is -0.142. The number of carbonyl (C=O) groups is 1. The Morgan fingerprint density at radius 2 is 0.900 bits per heavy atom. The summed E-state index contributed by atoms with van der Waals surface area (Å²) in [6.07, 6.45) is 51.2. The highest BCUT2D eigenvalue weighted by Gasteiger charge is 2.28. The lowest BCUT2D eigenvalue weighted by Gasteiger charge is -2.26. The number of allylic oxidation sites excluding steroid dienone is 2. The number of hydrogen-bond acceptors (Lipinski definition) is 5. The molecule has 0 bridgehead atoms. The Morgan fingerprint density at radius 3 is 1.28 bits per heavy atom. The second-order valence-electron chi connectivity index (χ2n) is 19.3. The van der Waals surface area contributed by atoms with Gasteiger partial charge in [-0.2, -0.15) is 0 Å². The predicted octanol–water partition coefficient (Wildman–Crippen LogP) is 15.1. The minimum atomic E-state index is -4.31. The minimum absolute atomic E-state index is 0.0772. The number of amides is 1. The van der Waals surface area contributed by atoms with E-state index in [0.717, 1.165) is 38.5 Å². The Bertz CT molecular complexity index is 989. The molecule has 0 spiro atoms. The highest BCUT2D eigenvalue weighted by Crippen LogP contribution is 2.43. The normalized spacial score (nSPS) is 14.2. The van der Waals surface area contributed by atoms with Crippen molar-refractivity contribution in [3.63, 3.8) is 0 Å². The molecule has 0 saturated carbocycles. The number of unbranched alkanes of at least 4 members (excludes halogenated alkanes) is 33. The molecule has 1 amide bonds. The third-order valence-corrected chi connectivity index (χ3v) is 13.0.